The molecule has 0 spiro atoms. The average Bonchev–Trinajstić information content (AvgIpc) is 3.12. The molecule has 134 valence electrons. The standard InChI is InChI=1S/C20H19ClN2O3/c21-16-7-5-14(6-8-16)19(24)22-9-11-23(12-10-22)20(25)18-13-15-3-1-2-4-17(15)26-18/h1-8,18H,9-13H2/t18-/m0/s1. The van der Waals surface area contributed by atoms with Crippen LogP contribution in [0.15, 0.2) is 48.5 Å². The minimum absolute atomic E-state index is 0.000193. The van der Waals surface area contributed by atoms with Gasteiger partial charge in [0.1, 0.15) is 5.75 Å². The van der Waals surface area contributed by atoms with Gasteiger partial charge < -0.3 is 14.5 Å². The predicted molar refractivity (Wildman–Crippen MR) is 98.5 cm³/mol. The monoisotopic (exact) mass is 370 g/mol. The molecule has 2 heterocycles. The first kappa shape index (κ1) is 16.9. The molecule has 6 heteroatoms. The van der Waals surface area contributed by atoms with E-state index in [4.69, 9.17) is 16.3 Å². The van der Waals surface area contributed by atoms with Crippen LogP contribution in [-0.4, -0.2) is 53.9 Å². The molecule has 1 saturated heterocycles. The van der Waals surface area contributed by atoms with Gasteiger partial charge in [0.25, 0.3) is 11.8 Å². The number of amides is 2. The third-order valence-electron chi connectivity index (χ3n) is 4.89. The Hall–Kier alpha value is -2.53. The van der Waals surface area contributed by atoms with Gasteiger partial charge >= 0.3 is 0 Å². The van der Waals surface area contributed by atoms with Crippen LogP contribution < -0.4 is 4.74 Å². The Kier molecular flexibility index (Phi) is 4.55. The molecule has 2 aromatic carbocycles. The maximum Gasteiger partial charge on any atom is 0.264 e. The van der Waals surface area contributed by atoms with Crippen LogP contribution in [0.25, 0.3) is 0 Å². The number of hydrogen-bond donors (Lipinski definition) is 0. The highest BCUT2D eigenvalue weighted by atomic mass is 35.5. The molecule has 0 N–H and O–H groups in total. The molecular weight excluding hydrogens is 352 g/mol. The Bertz CT molecular complexity index is 804. The van der Waals surface area contributed by atoms with E-state index in [1.54, 1.807) is 34.1 Å². The number of carbonyl (C=O) groups excluding carboxylic acids is 2. The number of hydrogen-bond acceptors (Lipinski definition) is 3. The SMILES string of the molecule is O=C(c1ccc(Cl)cc1)N1CCN(C(=O)[C@@H]2Cc3ccccc3O2)CC1. The molecule has 0 aliphatic carbocycles. The van der Waals surface area contributed by atoms with Crippen LogP contribution in [0.1, 0.15) is 15.9 Å². The second-order valence-electron chi connectivity index (χ2n) is 6.54. The third-order valence-corrected chi connectivity index (χ3v) is 5.14. The Labute approximate surface area is 157 Å². The summed E-state index contributed by atoms with van der Waals surface area (Å²) in [6.45, 7) is 2.09. The summed E-state index contributed by atoms with van der Waals surface area (Å²) in [7, 11) is 0. The summed E-state index contributed by atoms with van der Waals surface area (Å²) in [4.78, 5) is 28.9. The van der Waals surface area contributed by atoms with Crippen LogP contribution in [0.5, 0.6) is 5.75 Å². The summed E-state index contributed by atoms with van der Waals surface area (Å²) in [6, 6.07) is 14.6. The van der Waals surface area contributed by atoms with Gasteiger partial charge in [0.05, 0.1) is 0 Å². The molecule has 2 amide bonds. The highest BCUT2D eigenvalue weighted by Crippen LogP contribution is 2.29. The van der Waals surface area contributed by atoms with Gasteiger partial charge in [0.15, 0.2) is 6.10 Å². The van der Waals surface area contributed by atoms with Crippen molar-refractivity contribution in [1.29, 1.82) is 0 Å². The Morgan fingerprint density at radius 1 is 0.923 bits per heavy atom. The molecule has 0 aromatic heterocycles. The molecule has 0 radical (unpaired) electrons. The van der Waals surface area contributed by atoms with Gasteiger partial charge in [-0.2, -0.15) is 0 Å². The van der Waals surface area contributed by atoms with E-state index in [0.29, 0.717) is 43.2 Å². The number of nitrogens with zero attached hydrogens (tertiary/aromatic N) is 2. The van der Waals surface area contributed by atoms with Gasteiger partial charge in [-0.15, -0.1) is 0 Å². The summed E-state index contributed by atoms with van der Waals surface area (Å²) in [5.41, 5.74) is 1.69. The van der Waals surface area contributed by atoms with Crippen molar-refractivity contribution in [1.82, 2.24) is 9.80 Å². The number of fused-ring (bicyclic) bond motifs is 1. The van der Waals surface area contributed by atoms with E-state index in [9.17, 15) is 9.59 Å². The van der Waals surface area contributed by atoms with Crippen LogP contribution in [-0.2, 0) is 11.2 Å². The second kappa shape index (κ2) is 7.00. The quantitative estimate of drug-likeness (QED) is 0.816. The van der Waals surface area contributed by atoms with E-state index in [1.165, 1.54) is 0 Å². The first-order chi connectivity index (χ1) is 12.6. The number of ether oxygens (including phenoxy) is 1. The van der Waals surface area contributed by atoms with Crippen molar-refractivity contribution in [3.63, 3.8) is 0 Å². The fourth-order valence-corrected chi connectivity index (χ4v) is 3.55. The molecular formula is C20H19ClN2O3. The van der Waals surface area contributed by atoms with Crippen LogP contribution in [0, 0.1) is 0 Å². The molecule has 1 fully saturated rings. The van der Waals surface area contributed by atoms with Crippen molar-refractivity contribution in [2.75, 3.05) is 26.2 Å². The maximum absolute atomic E-state index is 12.7. The predicted octanol–water partition coefficient (Wildman–Crippen LogP) is 2.63. The van der Waals surface area contributed by atoms with Gasteiger partial charge in [-0.1, -0.05) is 29.8 Å². The number of carbonyl (C=O) groups is 2. The third kappa shape index (κ3) is 3.27. The van der Waals surface area contributed by atoms with Crippen molar-refractivity contribution in [3.05, 3.63) is 64.7 Å². The smallest absolute Gasteiger partial charge is 0.264 e. The average molecular weight is 371 g/mol. The molecule has 1 atom stereocenters. The highest BCUT2D eigenvalue weighted by molar-refractivity contribution is 6.30. The molecule has 26 heavy (non-hydrogen) atoms. The number of para-hydroxylation sites is 1. The summed E-state index contributed by atoms with van der Waals surface area (Å²) in [6.07, 6.45) is 0.157. The summed E-state index contributed by atoms with van der Waals surface area (Å²) in [5.74, 6) is 0.764. The van der Waals surface area contributed by atoms with Crippen molar-refractivity contribution in [2.45, 2.75) is 12.5 Å². The van der Waals surface area contributed by atoms with Gasteiger partial charge in [0, 0.05) is 43.2 Å². The molecule has 0 saturated carbocycles. The number of benzene rings is 2. The Morgan fingerprint density at radius 2 is 1.58 bits per heavy atom. The minimum Gasteiger partial charge on any atom is -0.480 e. The minimum atomic E-state index is -0.453. The van der Waals surface area contributed by atoms with Crippen molar-refractivity contribution in [3.8, 4) is 5.75 Å². The Morgan fingerprint density at radius 3 is 2.27 bits per heavy atom. The van der Waals surface area contributed by atoms with E-state index >= 15 is 0 Å². The Balaban J connectivity index is 1.34. The van der Waals surface area contributed by atoms with Gasteiger partial charge in [-0.05, 0) is 35.9 Å². The first-order valence-electron chi connectivity index (χ1n) is 8.70. The summed E-state index contributed by atoms with van der Waals surface area (Å²) < 4.78 is 5.79. The zero-order valence-corrected chi connectivity index (χ0v) is 15.0. The zero-order chi connectivity index (χ0) is 18.1. The number of piperazine rings is 1. The van der Waals surface area contributed by atoms with E-state index in [2.05, 4.69) is 0 Å². The van der Waals surface area contributed by atoms with Crippen LogP contribution in [0.3, 0.4) is 0 Å². The van der Waals surface area contributed by atoms with E-state index in [1.807, 2.05) is 24.3 Å². The second-order valence-corrected chi connectivity index (χ2v) is 6.98. The molecule has 2 aromatic rings. The molecule has 2 aliphatic heterocycles. The molecule has 4 rings (SSSR count). The largest absolute Gasteiger partial charge is 0.480 e. The van der Waals surface area contributed by atoms with Gasteiger partial charge in [-0.3, -0.25) is 9.59 Å². The van der Waals surface area contributed by atoms with E-state index in [0.717, 1.165) is 11.3 Å². The lowest BCUT2D eigenvalue weighted by atomic mass is 10.1. The maximum atomic E-state index is 12.7. The fourth-order valence-electron chi connectivity index (χ4n) is 3.43. The van der Waals surface area contributed by atoms with Crippen molar-refractivity contribution in [2.24, 2.45) is 0 Å². The van der Waals surface area contributed by atoms with Crippen LogP contribution >= 0.6 is 11.6 Å². The van der Waals surface area contributed by atoms with Gasteiger partial charge in [-0.25, -0.2) is 0 Å². The van der Waals surface area contributed by atoms with E-state index in [-0.39, 0.29) is 11.8 Å². The lowest BCUT2D eigenvalue weighted by Crippen LogP contribution is -2.53. The highest BCUT2D eigenvalue weighted by Gasteiger charge is 2.34. The van der Waals surface area contributed by atoms with Crippen molar-refractivity contribution < 1.29 is 14.3 Å². The summed E-state index contributed by atoms with van der Waals surface area (Å²) in [5, 5.41) is 0.606. The number of rotatable bonds is 2. The summed E-state index contributed by atoms with van der Waals surface area (Å²) >= 11 is 5.87. The number of halogens is 1. The normalized spacial score (nSPS) is 19.0. The van der Waals surface area contributed by atoms with Crippen molar-refractivity contribution >= 4 is 23.4 Å². The van der Waals surface area contributed by atoms with Gasteiger partial charge in [0.2, 0.25) is 0 Å². The van der Waals surface area contributed by atoms with Crippen LogP contribution in [0.2, 0.25) is 5.02 Å². The lowest BCUT2D eigenvalue weighted by Gasteiger charge is -2.35. The lowest BCUT2D eigenvalue weighted by molar-refractivity contribution is -0.139. The molecule has 0 bridgehead atoms. The topological polar surface area (TPSA) is 49.9 Å². The van der Waals surface area contributed by atoms with E-state index < -0.39 is 6.10 Å². The fraction of sp³-hybridized carbons (Fsp3) is 0.300. The molecule has 5 nitrogen and oxygen atoms in total. The zero-order valence-electron chi connectivity index (χ0n) is 14.2. The molecule has 2 aliphatic rings. The van der Waals surface area contributed by atoms with Crippen LogP contribution in [0.4, 0.5) is 0 Å². The first-order valence-corrected chi connectivity index (χ1v) is 9.08. The molecule has 0 unspecified atom stereocenters.